The number of carbonyl (C=O) groups is 1. The van der Waals surface area contributed by atoms with Crippen molar-refractivity contribution < 1.29 is 9.53 Å². The first-order chi connectivity index (χ1) is 8.79. The van der Waals surface area contributed by atoms with Crippen LogP contribution in [0.4, 0.5) is 0 Å². The second-order valence-electron chi connectivity index (χ2n) is 4.05. The van der Waals surface area contributed by atoms with Crippen LogP contribution in [-0.4, -0.2) is 27.6 Å². The van der Waals surface area contributed by atoms with Crippen molar-refractivity contribution in [3.63, 3.8) is 0 Å². The van der Waals surface area contributed by atoms with Gasteiger partial charge in [-0.3, -0.25) is 4.79 Å². The Bertz CT molecular complexity index is 489. The zero-order valence-electron chi connectivity index (χ0n) is 10.5. The third-order valence-corrected chi connectivity index (χ3v) is 2.62. The maximum absolute atomic E-state index is 11.1. The van der Waals surface area contributed by atoms with E-state index in [1.165, 1.54) is 0 Å². The molecule has 0 atom stereocenters. The van der Waals surface area contributed by atoms with Crippen molar-refractivity contribution in [2.24, 2.45) is 0 Å². The predicted octanol–water partition coefficient (Wildman–Crippen LogP) is 2.16. The lowest BCUT2D eigenvalue weighted by Gasteiger charge is -2.01. The molecule has 0 fully saturated rings. The Hall–Kier alpha value is -1.91. The van der Waals surface area contributed by atoms with Crippen molar-refractivity contribution in [2.75, 3.05) is 6.61 Å². The van der Waals surface area contributed by atoms with Gasteiger partial charge < -0.3 is 4.74 Å². The van der Waals surface area contributed by atoms with Gasteiger partial charge >= 0.3 is 5.97 Å². The topological polar surface area (TPSA) is 57.0 Å². The van der Waals surface area contributed by atoms with Gasteiger partial charge in [0.05, 0.1) is 13.2 Å². The van der Waals surface area contributed by atoms with E-state index in [9.17, 15) is 4.79 Å². The smallest absolute Gasteiger partial charge is 0.305 e. The average molecular weight is 247 g/mol. The number of aryl methyl sites for hydroxylation is 1. The van der Waals surface area contributed by atoms with Gasteiger partial charge in [-0.05, 0) is 31.9 Å². The number of aromatic nitrogens is 3. The minimum atomic E-state index is -0.129. The molecule has 0 N–H and O–H groups in total. The van der Waals surface area contributed by atoms with E-state index in [0.29, 0.717) is 13.0 Å². The molecule has 2 rings (SSSR count). The lowest BCUT2D eigenvalue weighted by atomic mass is 10.2. The van der Waals surface area contributed by atoms with Crippen LogP contribution in [0.2, 0.25) is 0 Å². The van der Waals surface area contributed by atoms with Crippen LogP contribution in [0.25, 0.3) is 11.0 Å². The highest BCUT2D eigenvalue weighted by Crippen LogP contribution is 2.08. The van der Waals surface area contributed by atoms with Crippen LogP contribution in [0.5, 0.6) is 0 Å². The van der Waals surface area contributed by atoms with Crippen LogP contribution in [0.1, 0.15) is 26.2 Å². The number of nitrogens with zero attached hydrogens (tertiary/aromatic N) is 3. The van der Waals surface area contributed by atoms with E-state index in [1.807, 2.05) is 31.2 Å². The molecule has 0 aliphatic carbocycles. The first-order valence-electron chi connectivity index (χ1n) is 6.25. The first kappa shape index (κ1) is 12.5. The number of rotatable bonds is 6. The Morgan fingerprint density at radius 3 is 2.50 bits per heavy atom. The van der Waals surface area contributed by atoms with Gasteiger partial charge in [0.25, 0.3) is 0 Å². The highest BCUT2D eigenvalue weighted by atomic mass is 16.5. The van der Waals surface area contributed by atoms with E-state index in [0.717, 1.165) is 30.4 Å². The van der Waals surface area contributed by atoms with Crippen LogP contribution in [0.15, 0.2) is 24.3 Å². The third kappa shape index (κ3) is 3.29. The number of hydrogen-bond donors (Lipinski definition) is 0. The zero-order chi connectivity index (χ0) is 12.8. The lowest BCUT2D eigenvalue weighted by Crippen LogP contribution is -2.06. The molecule has 5 heteroatoms. The summed E-state index contributed by atoms with van der Waals surface area (Å²) >= 11 is 0. The van der Waals surface area contributed by atoms with Crippen molar-refractivity contribution in [2.45, 2.75) is 32.7 Å². The van der Waals surface area contributed by atoms with E-state index in [2.05, 4.69) is 10.2 Å². The maximum Gasteiger partial charge on any atom is 0.305 e. The number of benzene rings is 1. The fourth-order valence-corrected chi connectivity index (χ4v) is 1.76. The second-order valence-corrected chi connectivity index (χ2v) is 4.05. The van der Waals surface area contributed by atoms with Gasteiger partial charge in [-0.1, -0.05) is 12.1 Å². The van der Waals surface area contributed by atoms with Crippen LogP contribution in [0, 0.1) is 0 Å². The van der Waals surface area contributed by atoms with Crippen molar-refractivity contribution in [3.05, 3.63) is 24.3 Å². The fourth-order valence-electron chi connectivity index (χ4n) is 1.76. The summed E-state index contributed by atoms with van der Waals surface area (Å²) in [5.41, 5.74) is 1.81. The summed E-state index contributed by atoms with van der Waals surface area (Å²) in [6.07, 6.45) is 2.14. The normalized spacial score (nSPS) is 10.7. The summed E-state index contributed by atoms with van der Waals surface area (Å²) in [4.78, 5) is 12.8. The van der Waals surface area contributed by atoms with Gasteiger partial charge in [0.15, 0.2) is 0 Å². The molecular formula is C13H17N3O2. The minimum Gasteiger partial charge on any atom is -0.466 e. The van der Waals surface area contributed by atoms with Crippen molar-refractivity contribution in [1.82, 2.24) is 15.0 Å². The van der Waals surface area contributed by atoms with Crippen molar-refractivity contribution >= 4 is 17.0 Å². The summed E-state index contributed by atoms with van der Waals surface area (Å²) in [5.74, 6) is -0.129. The van der Waals surface area contributed by atoms with Crippen LogP contribution in [0.3, 0.4) is 0 Å². The van der Waals surface area contributed by atoms with E-state index in [1.54, 1.807) is 4.80 Å². The summed E-state index contributed by atoms with van der Waals surface area (Å²) in [5, 5.41) is 8.71. The molecule has 0 amide bonds. The van der Waals surface area contributed by atoms with E-state index in [-0.39, 0.29) is 5.97 Å². The standard InChI is InChI=1S/C13H17N3O2/c1-2-18-13(17)9-5-6-10-16-14-11-7-3-4-8-12(11)15-16/h3-4,7-8H,2,5-6,9-10H2,1H3. The van der Waals surface area contributed by atoms with E-state index in [4.69, 9.17) is 4.74 Å². The van der Waals surface area contributed by atoms with E-state index >= 15 is 0 Å². The molecule has 0 radical (unpaired) electrons. The molecular weight excluding hydrogens is 230 g/mol. The quantitative estimate of drug-likeness (QED) is 0.580. The molecule has 0 unspecified atom stereocenters. The van der Waals surface area contributed by atoms with Crippen LogP contribution >= 0.6 is 0 Å². The lowest BCUT2D eigenvalue weighted by molar-refractivity contribution is -0.143. The maximum atomic E-state index is 11.1. The number of hydrogen-bond acceptors (Lipinski definition) is 4. The van der Waals surface area contributed by atoms with Crippen molar-refractivity contribution in [1.29, 1.82) is 0 Å². The molecule has 0 bridgehead atoms. The van der Waals surface area contributed by atoms with Crippen LogP contribution in [-0.2, 0) is 16.1 Å². The highest BCUT2D eigenvalue weighted by molar-refractivity contribution is 5.72. The van der Waals surface area contributed by atoms with Gasteiger partial charge in [-0.25, -0.2) is 0 Å². The molecule has 2 aromatic rings. The molecule has 96 valence electrons. The molecule has 1 aromatic heterocycles. The van der Waals surface area contributed by atoms with Gasteiger partial charge in [-0.2, -0.15) is 15.0 Å². The molecule has 5 nitrogen and oxygen atoms in total. The monoisotopic (exact) mass is 247 g/mol. The molecule has 0 aliphatic rings. The van der Waals surface area contributed by atoms with Gasteiger partial charge in [0, 0.05) is 6.42 Å². The Labute approximate surface area is 106 Å². The Morgan fingerprint density at radius 1 is 1.22 bits per heavy atom. The fraction of sp³-hybridized carbons (Fsp3) is 0.462. The summed E-state index contributed by atoms with van der Waals surface area (Å²) in [6, 6.07) is 7.78. The summed E-state index contributed by atoms with van der Waals surface area (Å²) < 4.78 is 4.87. The number of carbonyl (C=O) groups excluding carboxylic acids is 1. The van der Waals surface area contributed by atoms with Crippen LogP contribution < -0.4 is 0 Å². The number of unbranched alkanes of at least 4 members (excludes halogenated alkanes) is 1. The number of fused-ring (bicyclic) bond motifs is 1. The molecule has 18 heavy (non-hydrogen) atoms. The minimum absolute atomic E-state index is 0.129. The first-order valence-corrected chi connectivity index (χ1v) is 6.25. The molecule has 1 aromatic carbocycles. The highest BCUT2D eigenvalue weighted by Gasteiger charge is 2.03. The summed E-state index contributed by atoms with van der Waals surface area (Å²) in [7, 11) is 0. The largest absolute Gasteiger partial charge is 0.466 e. The average Bonchev–Trinajstić information content (AvgIpc) is 2.77. The molecule has 0 saturated heterocycles. The van der Waals surface area contributed by atoms with Gasteiger partial charge in [0.2, 0.25) is 0 Å². The predicted molar refractivity (Wildman–Crippen MR) is 68.0 cm³/mol. The Kier molecular flexibility index (Phi) is 4.28. The van der Waals surface area contributed by atoms with Gasteiger partial charge in [0.1, 0.15) is 11.0 Å². The second kappa shape index (κ2) is 6.14. The van der Waals surface area contributed by atoms with E-state index < -0.39 is 0 Å². The number of esters is 1. The molecule has 0 spiro atoms. The molecule has 0 aliphatic heterocycles. The summed E-state index contributed by atoms with van der Waals surface area (Å²) in [6.45, 7) is 3.00. The Balaban J connectivity index is 1.78. The zero-order valence-corrected chi connectivity index (χ0v) is 10.5. The molecule has 0 saturated carbocycles. The number of ether oxygens (including phenoxy) is 1. The SMILES string of the molecule is CCOC(=O)CCCCn1nc2ccccc2n1. The Morgan fingerprint density at radius 2 is 1.89 bits per heavy atom. The third-order valence-electron chi connectivity index (χ3n) is 2.62. The van der Waals surface area contributed by atoms with Gasteiger partial charge in [-0.15, -0.1) is 0 Å². The van der Waals surface area contributed by atoms with Crippen molar-refractivity contribution in [3.8, 4) is 0 Å². The molecule has 1 heterocycles.